The summed E-state index contributed by atoms with van der Waals surface area (Å²) in [6.07, 6.45) is -1.68. The first kappa shape index (κ1) is 44.1. The summed E-state index contributed by atoms with van der Waals surface area (Å²) in [6, 6.07) is 4.68. The number of aliphatic hydroxyl groups is 1. The monoisotopic (exact) mass is 731 g/mol. The predicted octanol–water partition coefficient (Wildman–Crippen LogP) is 3.02. The van der Waals surface area contributed by atoms with Crippen molar-refractivity contribution in [2.45, 2.75) is 131 Å². The molecule has 5 N–H and O–H groups in total. The number of carbonyl (C=O) groups excluding carboxylic acids is 6. The van der Waals surface area contributed by atoms with Crippen LogP contribution in [0.5, 0.6) is 0 Å². The molecule has 14 heteroatoms. The average Bonchev–Trinajstić information content (AvgIpc) is 3.47. The maximum Gasteiger partial charge on any atom is 0.407 e. The maximum absolute atomic E-state index is 14.2. The lowest BCUT2D eigenvalue weighted by Crippen LogP contribution is -2.59. The van der Waals surface area contributed by atoms with Gasteiger partial charge in [-0.25, -0.2) is 4.79 Å². The van der Waals surface area contributed by atoms with E-state index in [0.717, 1.165) is 0 Å². The summed E-state index contributed by atoms with van der Waals surface area (Å²) in [6.45, 7) is 19.4. The van der Waals surface area contributed by atoms with Crippen molar-refractivity contribution < 1.29 is 43.3 Å². The van der Waals surface area contributed by atoms with E-state index in [4.69, 9.17) is 9.47 Å². The molecule has 1 aliphatic heterocycles. The molecule has 1 aromatic carbocycles. The molecule has 14 nitrogen and oxygen atoms in total. The number of nitrogens with zero attached hydrogens (tertiary/aromatic N) is 1. The Morgan fingerprint density at radius 3 is 2.06 bits per heavy atom. The van der Waals surface area contributed by atoms with Gasteiger partial charge in [-0.2, -0.15) is 0 Å². The first-order valence-corrected chi connectivity index (χ1v) is 18.1. The molecule has 3 unspecified atom stereocenters. The Morgan fingerprint density at radius 1 is 0.923 bits per heavy atom. The van der Waals surface area contributed by atoms with Crippen LogP contribution in [0.1, 0.15) is 101 Å². The van der Waals surface area contributed by atoms with Crippen LogP contribution in [0.25, 0.3) is 0 Å². The predicted molar refractivity (Wildman–Crippen MR) is 196 cm³/mol. The molecule has 0 aromatic heterocycles. The number of alkyl carbamates (subject to hydrolysis) is 1. The quantitative estimate of drug-likeness (QED) is 0.159. The van der Waals surface area contributed by atoms with Crippen molar-refractivity contribution in [2.75, 3.05) is 19.7 Å². The number of carbonyl (C=O) groups is 6. The van der Waals surface area contributed by atoms with E-state index >= 15 is 0 Å². The van der Waals surface area contributed by atoms with Gasteiger partial charge in [-0.3, -0.25) is 24.0 Å². The number of Topliss-reactive ketones (excluding diaryl/α,β-unsaturated/α-hetero) is 1. The minimum atomic E-state index is -1.27. The van der Waals surface area contributed by atoms with Crippen LogP contribution < -0.4 is 21.3 Å². The number of nitrogens with one attached hydrogen (secondary N) is 4. The second-order valence-electron chi connectivity index (χ2n) is 16.1. The summed E-state index contributed by atoms with van der Waals surface area (Å²) in [5.41, 5.74) is -0.699. The zero-order valence-corrected chi connectivity index (χ0v) is 32.7. The third-order valence-corrected chi connectivity index (χ3v) is 8.68. The van der Waals surface area contributed by atoms with E-state index in [1.807, 2.05) is 34.6 Å². The van der Waals surface area contributed by atoms with Crippen molar-refractivity contribution in [3.63, 3.8) is 0 Å². The van der Waals surface area contributed by atoms with Gasteiger partial charge in [0.2, 0.25) is 23.5 Å². The molecule has 5 amide bonds. The van der Waals surface area contributed by atoms with Crippen LogP contribution in [0.3, 0.4) is 0 Å². The Bertz CT molecular complexity index is 1390. The number of benzene rings is 1. The van der Waals surface area contributed by atoms with E-state index < -0.39 is 95.4 Å². The molecule has 1 fully saturated rings. The van der Waals surface area contributed by atoms with Crippen molar-refractivity contribution in [1.82, 2.24) is 26.2 Å². The molecule has 1 heterocycles. The van der Waals surface area contributed by atoms with Crippen LogP contribution in [0, 0.1) is 17.3 Å². The topological polar surface area (TPSA) is 192 Å². The lowest BCUT2D eigenvalue weighted by atomic mass is 9.85. The Morgan fingerprint density at radius 2 is 1.54 bits per heavy atom. The highest BCUT2D eigenvalue weighted by atomic mass is 16.5. The molecular formula is C38H61N5O9. The number of hydrogen-bond acceptors (Lipinski definition) is 9. The average molecular weight is 732 g/mol. The summed E-state index contributed by atoms with van der Waals surface area (Å²) in [5.74, 6) is -4.23. The van der Waals surface area contributed by atoms with Gasteiger partial charge in [-0.15, -0.1) is 0 Å². The fourth-order valence-electron chi connectivity index (χ4n) is 5.80. The number of likely N-dealkylation sites (tertiary alicyclic amines) is 1. The highest BCUT2D eigenvalue weighted by Gasteiger charge is 2.47. The van der Waals surface area contributed by atoms with Crippen LogP contribution in [0.2, 0.25) is 0 Å². The fourth-order valence-corrected chi connectivity index (χ4v) is 5.80. The summed E-state index contributed by atoms with van der Waals surface area (Å²) in [4.78, 5) is 81.7. The molecule has 0 radical (unpaired) electrons. The summed E-state index contributed by atoms with van der Waals surface area (Å²) >= 11 is 0. The molecule has 0 bridgehead atoms. The summed E-state index contributed by atoms with van der Waals surface area (Å²) in [5, 5.41) is 20.6. The lowest BCUT2D eigenvalue weighted by Gasteiger charge is -2.35. The van der Waals surface area contributed by atoms with Gasteiger partial charge in [-0.05, 0) is 50.5 Å². The SMILES string of the molecule is CC[C@@H](C)C(NC(=O)[C@@H]1C[C@@H](OC(C)(C)C)CN1C(=O)C(NC(=O)OCC(C)C)C(C)(C)C)C(=O)C(=O)NCC(=O)NC(c1ccccc1)[C@H](C)O. The zero-order valence-electron chi connectivity index (χ0n) is 32.7. The second-order valence-corrected chi connectivity index (χ2v) is 16.1. The van der Waals surface area contributed by atoms with E-state index in [1.54, 1.807) is 65.0 Å². The summed E-state index contributed by atoms with van der Waals surface area (Å²) in [7, 11) is 0. The van der Waals surface area contributed by atoms with Crippen molar-refractivity contribution in [2.24, 2.45) is 17.3 Å². The second kappa shape index (κ2) is 19.2. The number of ether oxygens (including phenoxy) is 2. The van der Waals surface area contributed by atoms with Crippen LogP contribution in [0.15, 0.2) is 30.3 Å². The molecule has 0 aliphatic carbocycles. The number of ketones is 1. The largest absolute Gasteiger partial charge is 0.449 e. The van der Waals surface area contributed by atoms with Crippen LogP contribution in [-0.4, -0.2) is 101 Å². The van der Waals surface area contributed by atoms with Gasteiger partial charge < -0.3 is 40.7 Å². The summed E-state index contributed by atoms with van der Waals surface area (Å²) < 4.78 is 11.5. The third kappa shape index (κ3) is 13.5. The molecule has 0 saturated carbocycles. The number of aliphatic hydroxyl groups excluding tert-OH is 1. The molecule has 1 saturated heterocycles. The minimum absolute atomic E-state index is 0.0530. The van der Waals surface area contributed by atoms with Crippen LogP contribution >= 0.6 is 0 Å². The van der Waals surface area contributed by atoms with Gasteiger partial charge in [-0.1, -0.05) is 85.2 Å². The molecule has 1 aliphatic rings. The number of rotatable bonds is 16. The smallest absolute Gasteiger partial charge is 0.407 e. The lowest BCUT2D eigenvalue weighted by molar-refractivity contribution is -0.144. The highest BCUT2D eigenvalue weighted by molar-refractivity contribution is 6.38. The minimum Gasteiger partial charge on any atom is -0.449 e. The van der Waals surface area contributed by atoms with E-state index in [2.05, 4.69) is 21.3 Å². The molecule has 2 rings (SSSR count). The molecule has 0 spiro atoms. The van der Waals surface area contributed by atoms with Crippen LogP contribution in [-0.2, 0) is 33.4 Å². The van der Waals surface area contributed by atoms with Gasteiger partial charge in [0.05, 0.1) is 43.0 Å². The first-order valence-electron chi connectivity index (χ1n) is 18.1. The molecular weight excluding hydrogens is 670 g/mol. The van der Waals surface area contributed by atoms with Crippen molar-refractivity contribution >= 4 is 35.5 Å². The molecule has 292 valence electrons. The first-order chi connectivity index (χ1) is 24.0. The third-order valence-electron chi connectivity index (χ3n) is 8.68. The van der Waals surface area contributed by atoms with Crippen molar-refractivity contribution in [1.29, 1.82) is 0 Å². The van der Waals surface area contributed by atoms with E-state index in [0.29, 0.717) is 12.0 Å². The number of amides is 5. The fraction of sp³-hybridized carbons (Fsp3) is 0.684. The molecule has 1 aromatic rings. The molecule has 52 heavy (non-hydrogen) atoms. The van der Waals surface area contributed by atoms with Crippen LogP contribution in [0.4, 0.5) is 4.79 Å². The van der Waals surface area contributed by atoms with E-state index in [1.165, 1.54) is 11.8 Å². The molecule has 7 atom stereocenters. The highest BCUT2D eigenvalue weighted by Crippen LogP contribution is 2.29. The standard InChI is InChI=1S/C38H61N5O9/c1-12-23(4)29(31(46)34(48)39-19-28(45)40-30(24(5)44)25-16-14-13-15-17-25)41-33(47)27-18-26(52-38(9,10)11)20-43(27)35(49)32(37(6,7)8)42-36(50)51-21-22(2)3/h13-17,22-24,26-27,29-30,32,44H,12,18-21H2,1-11H3,(H,39,48)(H,40,45)(H,41,47)(H,42,50)/t23-,24+,26-,27+,29?,30?,32?/m1/s1. The van der Waals surface area contributed by atoms with Crippen molar-refractivity contribution in [3.05, 3.63) is 35.9 Å². The van der Waals surface area contributed by atoms with E-state index in [9.17, 15) is 33.9 Å². The normalized spacial score (nSPS) is 19.1. The van der Waals surface area contributed by atoms with Gasteiger partial charge in [0, 0.05) is 13.0 Å². The zero-order chi connectivity index (χ0) is 39.6. The number of hydrogen-bond donors (Lipinski definition) is 5. The Labute approximate surface area is 308 Å². The van der Waals surface area contributed by atoms with Gasteiger partial charge >= 0.3 is 6.09 Å². The Hall–Kier alpha value is -4.04. The van der Waals surface area contributed by atoms with Gasteiger partial charge in [0.25, 0.3) is 5.91 Å². The van der Waals surface area contributed by atoms with Crippen molar-refractivity contribution in [3.8, 4) is 0 Å². The maximum atomic E-state index is 14.2. The van der Waals surface area contributed by atoms with Gasteiger partial charge in [0.15, 0.2) is 0 Å². The van der Waals surface area contributed by atoms with E-state index in [-0.39, 0.29) is 25.5 Å². The van der Waals surface area contributed by atoms with Gasteiger partial charge in [0.1, 0.15) is 12.1 Å². The Kier molecular flexibility index (Phi) is 16.3. The Balaban J connectivity index is 2.27.